The normalized spacial score (nSPS) is 15.5. The molecule has 1 atom stereocenters. The van der Waals surface area contributed by atoms with Crippen LogP contribution in [0.4, 0.5) is 16.2 Å². The number of nitrogens with zero attached hydrogens (tertiary/aromatic N) is 1. The van der Waals surface area contributed by atoms with Crippen LogP contribution in [-0.4, -0.2) is 41.8 Å². The van der Waals surface area contributed by atoms with Crippen LogP contribution in [0.1, 0.15) is 18.9 Å². The lowest BCUT2D eigenvalue weighted by atomic mass is 10.1. The zero-order valence-electron chi connectivity index (χ0n) is 16.6. The van der Waals surface area contributed by atoms with Crippen molar-refractivity contribution in [1.29, 1.82) is 0 Å². The summed E-state index contributed by atoms with van der Waals surface area (Å²) in [5.41, 5.74) is 1.63. The first-order valence-corrected chi connectivity index (χ1v) is 9.28. The van der Waals surface area contributed by atoms with Gasteiger partial charge in [-0.25, -0.2) is 4.79 Å². The smallest absolute Gasteiger partial charge is 0.325 e. The molecule has 0 bridgehead atoms. The zero-order chi connectivity index (χ0) is 21.7. The number of benzene rings is 2. The van der Waals surface area contributed by atoms with Crippen molar-refractivity contribution in [3.05, 3.63) is 54.1 Å². The number of nitrogens with one attached hydrogen (secondary N) is 3. The van der Waals surface area contributed by atoms with Crippen LogP contribution in [0.25, 0.3) is 0 Å². The Bertz CT molecular complexity index is 977. The van der Waals surface area contributed by atoms with Crippen molar-refractivity contribution in [2.45, 2.75) is 25.9 Å². The molecule has 0 aromatic heterocycles. The largest absolute Gasteiger partial charge is 0.495 e. The Labute approximate surface area is 173 Å². The minimum Gasteiger partial charge on any atom is -0.495 e. The Morgan fingerprint density at radius 1 is 1.10 bits per heavy atom. The molecule has 156 valence electrons. The maximum Gasteiger partial charge on any atom is 0.325 e. The van der Waals surface area contributed by atoms with Gasteiger partial charge in [0.05, 0.1) is 25.8 Å². The summed E-state index contributed by atoms with van der Waals surface area (Å²) in [6, 6.07) is 12.4. The number of imide groups is 1. The predicted molar refractivity (Wildman–Crippen MR) is 110 cm³/mol. The zero-order valence-corrected chi connectivity index (χ0v) is 16.6. The molecule has 1 aliphatic heterocycles. The number of hydrogen-bond acceptors (Lipinski definition) is 5. The fourth-order valence-electron chi connectivity index (χ4n) is 3.10. The number of anilines is 2. The van der Waals surface area contributed by atoms with Crippen LogP contribution in [0.3, 0.4) is 0 Å². The number of amides is 5. The van der Waals surface area contributed by atoms with E-state index < -0.39 is 23.9 Å². The molecule has 1 fully saturated rings. The molecule has 1 aliphatic rings. The standard InChI is InChI=1S/C21H22N4O5/c1-13(26)22-15-8-9-18(30-2)16(10-15)23-19(27)11-17-20(28)25(21(29)24-17)12-14-6-4-3-5-7-14/h3-10,17H,11-12H2,1-2H3,(H,22,26)(H,23,27)(H,24,29). The molecule has 2 aromatic carbocycles. The van der Waals surface area contributed by atoms with Gasteiger partial charge in [-0.1, -0.05) is 30.3 Å². The molecule has 0 aliphatic carbocycles. The second kappa shape index (κ2) is 9.08. The van der Waals surface area contributed by atoms with Crippen molar-refractivity contribution in [2.24, 2.45) is 0 Å². The molecular formula is C21H22N4O5. The van der Waals surface area contributed by atoms with Crippen LogP contribution in [-0.2, 0) is 20.9 Å². The summed E-state index contributed by atoms with van der Waals surface area (Å²) in [4.78, 5) is 49.6. The van der Waals surface area contributed by atoms with E-state index in [0.717, 1.165) is 10.5 Å². The second-order valence-corrected chi connectivity index (χ2v) is 6.76. The van der Waals surface area contributed by atoms with Crippen molar-refractivity contribution in [3.8, 4) is 5.75 Å². The van der Waals surface area contributed by atoms with Crippen LogP contribution >= 0.6 is 0 Å². The third-order valence-electron chi connectivity index (χ3n) is 4.47. The Morgan fingerprint density at radius 3 is 2.50 bits per heavy atom. The molecule has 0 spiro atoms. The summed E-state index contributed by atoms with van der Waals surface area (Å²) >= 11 is 0. The maximum atomic E-state index is 12.6. The Morgan fingerprint density at radius 2 is 1.83 bits per heavy atom. The van der Waals surface area contributed by atoms with E-state index in [-0.39, 0.29) is 18.9 Å². The van der Waals surface area contributed by atoms with Gasteiger partial charge < -0.3 is 20.7 Å². The van der Waals surface area contributed by atoms with E-state index in [2.05, 4.69) is 16.0 Å². The molecule has 5 amide bonds. The highest BCUT2D eigenvalue weighted by molar-refractivity contribution is 6.07. The molecule has 1 saturated heterocycles. The summed E-state index contributed by atoms with van der Waals surface area (Å²) in [5, 5.41) is 7.83. The lowest BCUT2D eigenvalue weighted by Gasteiger charge is -2.14. The Hall–Kier alpha value is -3.88. The van der Waals surface area contributed by atoms with Gasteiger partial charge in [0.25, 0.3) is 5.91 Å². The van der Waals surface area contributed by atoms with Gasteiger partial charge in [0.2, 0.25) is 11.8 Å². The van der Waals surface area contributed by atoms with E-state index >= 15 is 0 Å². The second-order valence-electron chi connectivity index (χ2n) is 6.76. The fraction of sp³-hybridized carbons (Fsp3) is 0.238. The maximum absolute atomic E-state index is 12.6. The first-order valence-electron chi connectivity index (χ1n) is 9.28. The third kappa shape index (κ3) is 4.93. The van der Waals surface area contributed by atoms with Gasteiger partial charge in [0, 0.05) is 12.6 Å². The minimum absolute atomic E-state index is 0.135. The van der Waals surface area contributed by atoms with E-state index in [1.54, 1.807) is 18.2 Å². The van der Waals surface area contributed by atoms with Crippen molar-refractivity contribution in [3.63, 3.8) is 0 Å². The van der Waals surface area contributed by atoms with Crippen molar-refractivity contribution >= 4 is 35.1 Å². The van der Waals surface area contributed by atoms with Gasteiger partial charge in [0.15, 0.2) is 0 Å². The SMILES string of the molecule is COc1ccc(NC(C)=O)cc1NC(=O)CC1NC(=O)N(Cc2ccccc2)C1=O. The molecule has 3 N–H and O–H groups in total. The molecular weight excluding hydrogens is 388 g/mol. The van der Waals surface area contributed by atoms with Crippen LogP contribution in [0.5, 0.6) is 5.75 Å². The first kappa shape index (κ1) is 20.8. The number of rotatable bonds is 7. The third-order valence-corrected chi connectivity index (χ3v) is 4.47. The van der Waals surface area contributed by atoms with Gasteiger partial charge >= 0.3 is 6.03 Å². The highest BCUT2D eigenvalue weighted by atomic mass is 16.5. The van der Waals surface area contributed by atoms with E-state index in [1.165, 1.54) is 14.0 Å². The average molecular weight is 410 g/mol. The molecule has 1 heterocycles. The van der Waals surface area contributed by atoms with E-state index in [4.69, 9.17) is 4.74 Å². The van der Waals surface area contributed by atoms with E-state index in [9.17, 15) is 19.2 Å². The van der Waals surface area contributed by atoms with Crippen LogP contribution < -0.4 is 20.7 Å². The molecule has 0 radical (unpaired) electrons. The summed E-state index contributed by atoms with van der Waals surface area (Å²) in [6.07, 6.45) is -0.233. The van der Waals surface area contributed by atoms with E-state index in [0.29, 0.717) is 17.1 Å². The predicted octanol–water partition coefficient (Wildman–Crippen LogP) is 2.10. The number of urea groups is 1. The quantitative estimate of drug-likeness (QED) is 0.605. The molecule has 30 heavy (non-hydrogen) atoms. The molecule has 0 saturated carbocycles. The van der Waals surface area contributed by atoms with Crippen LogP contribution in [0, 0.1) is 0 Å². The highest BCUT2D eigenvalue weighted by Gasteiger charge is 2.39. The highest BCUT2D eigenvalue weighted by Crippen LogP contribution is 2.28. The molecule has 3 rings (SSSR count). The Kier molecular flexibility index (Phi) is 6.31. The number of hydrogen-bond donors (Lipinski definition) is 3. The minimum atomic E-state index is -0.953. The lowest BCUT2D eigenvalue weighted by Crippen LogP contribution is -2.34. The fourth-order valence-corrected chi connectivity index (χ4v) is 3.10. The topological polar surface area (TPSA) is 117 Å². The van der Waals surface area contributed by atoms with Gasteiger partial charge in [-0.3, -0.25) is 19.3 Å². The molecule has 9 nitrogen and oxygen atoms in total. The van der Waals surface area contributed by atoms with Gasteiger partial charge in [0.1, 0.15) is 11.8 Å². The summed E-state index contributed by atoms with van der Waals surface area (Å²) < 4.78 is 5.23. The summed E-state index contributed by atoms with van der Waals surface area (Å²) in [7, 11) is 1.45. The van der Waals surface area contributed by atoms with Crippen molar-refractivity contribution in [2.75, 3.05) is 17.7 Å². The summed E-state index contributed by atoms with van der Waals surface area (Å²) in [6.45, 7) is 1.51. The van der Waals surface area contributed by atoms with Crippen molar-refractivity contribution in [1.82, 2.24) is 10.2 Å². The monoisotopic (exact) mass is 410 g/mol. The Balaban J connectivity index is 1.65. The molecule has 9 heteroatoms. The number of methoxy groups -OCH3 is 1. The van der Waals surface area contributed by atoms with Gasteiger partial charge in [-0.15, -0.1) is 0 Å². The van der Waals surface area contributed by atoms with Gasteiger partial charge in [-0.2, -0.15) is 0 Å². The van der Waals surface area contributed by atoms with Gasteiger partial charge in [-0.05, 0) is 23.8 Å². The number of ether oxygens (including phenoxy) is 1. The first-order chi connectivity index (χ1) is 14.4. The lowest BCUT2D eigenvalue weighted by molar-refractivity contribution is -0.130. The summed E-state index contributed by atoms with van der Waals surface area (Å²) in [5.74, 6) is -0.799. The number of carbonyl (C=O) groups is 4. The van der Waals surface area contributed by atoms with E-state index in [1.807, 2.05) is 30.3 Å². The van der Waals surface area contributed by atoms with Crippen molar-refractivity contribution < 1.29 is 23.9 Å². The molecule has 2 aromatic rings. The number of carbonyl (C=O) groups excluding carboxylic acids is 4. The van der Waals surface area contributed by atoms with Crippen LogP contribution in [0.15, 0.2) is 48.5 Å². The average Bonchev–Trinajstić information content (AvgIpc) is 2.96. The van der Waals surface area contributed by atoms with Crippen LogP contribution in [0.2, 0.25) is 0 Å². The molecule has 1 unspecified atom stereocenters.